The molecule has 158 valence electrons. The maximum absolute atomic E-state index is 14.0. The second kappa shape index (κ2) is 9.15. The second-order valence-electron chi connectivity index (χ2n) is 7.32. The van der Waals surface area contributed by atoms with E-state index in [4.69, 9.17) is 5.11 Å². The van der Waals surface area contributed by atoms with Crippen LogP contribution in [0, 0.1) is 0 Å². The first-order valence-electron chi connectivity index (χ1n) is 10.0. The van der Waals surface area contributed by atoms with E-state index in [1.807, 2.05) is 37.3 Å². The van der Waals surface area contributed by atoms with Crippen LogP contribution in [0.3, 0.4) is 0 Å². The molecule has 5 nitrogen and oxygen atoms in total. The molecule has 0 atom stereocenters. The standard InChI is InChI=1S/C23H25F2N3O2/c1-3-6-20-26-22(23(24,25)4-2)27-28(20)15-17-11-9-16(10-12-17)13-18-7-5-8-19(14-18)21(29)30/h5,7-12,14H,3-4,6,13,15H2,1-2H3,(H,29,30). The highest BCUT2D eigenvalue weighted by Gasteiger charge is 2.34. The number of alkyl halides is 2. The molecule has 0 bridgehead atoms. The minimum Gasteiger partial charge on any atom is -0.478 e. The summed E-state index contributed by atoms with van der Waals surface area (Å²) in [6, 6.07) is 14.6. The van der Waals surface area contributed by atoms with E-state index in [0.717, 1.165) is 23.1 Å². The van der Waals surface area contributed by atoms with Gasteiger partial charge in [-0.15, -0.1) is 5.10 Å². The largest absolute Gasteiger partial charge is 0.478 e. The molecule has 0 radical (unpaired) electrons. The first-order chi connectivity index (χ1) is 14.3. The first-order valence-corrected chi connectivity index (χ1v) is 10.0. The van der Waals surface area contributed by atoms with Crippen LogP contribution in [0.5, 0.6) is 0 Å². The SMILES string of the molecule is CCCc1nc(C(F)(F)CC)nn1Cc1ccc(Cc2cccc(C(=O)O)c2)cc1. The number of hydrogen-bond donors (Lipinski definition) is 1. The average Bonchev–Trinajstić information content (AvgIpc) is 3.13. The van der Waals surface area contributed by atoms with E-state index in [0.29, 0.717) is 25.2 Å². The average molecular weight is 413 g/mol. The lowest BCUT2D eigenvalue weighted by Gasteiger charge is -2.09. The number of rotatable bonds is 9. The number of nitrogens with zero attached hydrogens (tertiary/aromatic N) is 3. The molecule has 0 spiro atoms. The Morgan fingerprint density at radius 3 is 2.40 bits per heavy atom. The molecule has 30 heavy (non-hydrogen) atoms. The minimum atomic E-state index is -3.03. The molecule has 0 unspecified atom stereocenters. The number of halogens is 2. The van der Waals surface area contributed by atoms with Crippen LogP contribution >= 0.6 is 0 Å². The van der Waals surface area contributed by atoms with Gasteiger partial charge in [0.15, 0.2) is 0 Å². The summed E-state index contributed by atoms with van der Waals surface area (Å²) in [7, 11) is 0. The van der Waals surface area contributed by atoms with Crippen molar-refractivity contribution < 1.29 is 18.7 Å². The lowest BCUT2D eigenvalue weighted by molar-refractivity contribution is -0.0177. The summed E-state index contributed by atoms with van der Waals surface area (Å²) in [5, 5.41) is 13.2. The fraction of sp³-hybridized carbons (Fsp3) is 0.348. The number of benzene rings is 2. The fourth-order valence-corrected chi connectivity index (χ4v) is 3.21. The third-order valence-corrected chi connectivity index (χ3v) is 4.93. The first kappa shape index (κ1) is 21.6. The normalized spacial score (nSPS) is 11.6. The predicted octanol–water partition coefficient (Wildman–Crippen LogP) is 5.07. The summed E-state index contributed by atoms with van der Waals surface area (Å²) in [5.41, 5.74) is 3.15. The van der Waals surface area contributed by atoms with Crippen molar-refractivity contribution in [3.63, 3.8) is 0 Å². The number of aryl methyl sites for hydroxylation is 1. The van der Waals surface area contributed by atoms with E-state index in [1.165, 1.54) is 6.92 Å². The van der Waals surface area contributed by atoms with Crippen LogP contribution < -0.4 is 0 Å². The molecule has 7 heteroatoms. The molecule has 3 aromatic rings. The second-order valence-corrected chi connectivity index (χ2v) is 7.32. The Morgan fingerprint density at radius 1 is 1.07 bits per heavy atom. The lowest BCUT2D eigenvalue weighted by atomic mass is 10.0. The Kier molecular flexibility index (Phi) is 6.59. The van der Waals surface area contributed by atoms with Gasteiger partial charge in [-0.3, -0.25) is 0 Å². The van der Waals surface area contributed by atoms with E-state index in [9.17, 15) is 13.6 Å². The van der Waals surface area contributed by atoms with Gasteiger partial charge < -0.3 is 5.11 Å². The summed E-state index contributed by atoms with van der Waals surface area (Å²) < 4.78 is 29.6. The zero-order valence-electron chi connectivity index (χ0n) is 17.1. The Labute approximate surface area is 174 Å². The lowest BCUT2D eigenvalue weighted by Crippen LogP contribution is -2.14. The molecular formula is C23H25F2N3O2. The smallest absolute Gasteiger partial charge is 0.335 e. The molecular weight excluding hydrogens is 388 g/mol. The van der Waals surface area contributed by atoms with E-state index < -0.39 is 17.7 Å². The van der Waals surface area contributed by atoms with Crippen molar-refractivity contribution >= 4 is 5.97 Å². The van der Waals surface area contributed by atoms with Gasteiger partial charge in [0, 0.05) is 12.8 Å². The van der Waals surface area contributed by atoms with Crippen molar-refractivity contribution in [1.29, 1.82) is 0 Å². The molecule has 0 saturated heterocycles. The summed E-state index contributed by atoms with van der Waals surface area (Å²) in [6.07, 6.45) is 1.66. The van der Waals surface area contributed by atoms with Gasteiger partial charge in [0.05, 0.1) is 12.1 Å². The molecule has 0 fully saturated rings. The number of carboxylic acid groups (broad SMARTS) is 1. The van der Waals surface area contributed by atoms with Gasteiger partial charge in [-0.05, 0) is 41.7 Å². The van der Waals surface area contributed by atoms with Gasteiger partial charge in [0.2, 0.25) is 5.82 Å². The van der Waals surface area contributed by atoms with Crippen molar-refractivity contribution in [3.05, 3.63) is 82.4 Å². The maximum Gasteiger partial charge on any atom is 0.335 e. The highest BCUT2D eigenvalue weighted by atomic mass is 19.3. The van der Waals surface area contributed by atoms with Gasteiger partial charge in [0.1, 0.15) is 5.82 Å². The van der Waals surface area contributed by atoms with Gasteiger partial charge in [0.25, 0.3) is 0 Å². The minimum absolute atomic E-state index is 0.262. The van der Waals surface area contributed by atoms with E-state index in [2.05, 4.69) is 10.1 Å². The Balaban J connectivity index is 1.76. The van der Waals surface area contributed by atoms with Crippen LogP contribution in [-0.4, -0.2) is 25.8 Å². The molecule has 1 aromatic heterocycles. The third-order valence-electron chi connectivity index (χ3n) is 4.93. The quantitative estimate of drug-likeness (QED) is 0.532. The predicted molar refractivity (Wildman–Crippen MR) is 110 cm³/mol. The van der Waals surface area contributed by atoms with Crippen molar-refractivity contribution in [2.45, 2.75) is 52.0 Å². The number of hydrogen-bond acceptors (Lipinski definition) is 3. The Hall–Kier alpha value is -3.09. The molecule has 0 amide bonds. The highest BCUT2D eigenvalue weighted by molar-refractivity contribution is 5.87. The number of carbonyl (C=O) groups is 1. The summed E-state index contributed by atoms with van der Waals surface area (Å²) >= 11 is 0. The molecule has 0 aliphatic heterocycles. The van der Waals surface area contributed by atoms with Gasteiger partial charge in [-0.1, -0.05) is 50.2 Å². The van der Waals surface area contributed by atoms with Crippen molar-refractivity contribution in [3.8, 4) is 0 Å². The summed E-state index contributed by atoms with van der Waals surface area (Å²) in [4.78, 5) is 15.2. The van der Waals surface area contributed by atoms with Crippen LogP contribution in [0.1, 0.15) is 65.4 Å². The zero-order valence-corrected chi connectivity index (χ0v) is 17.1. The van der Waals surface area contributed by atoms with Crippen molar-refractivity contribution in [1.82, 2.24) is 14.8 Å². The van der Waals surface area contributed by atoms with Crippen LogP contribution in [0.15, 0.2) is 48.5 Å². The molecule has 1 N–H and O–H groups in total. The molecule has 0 saturated carbocycles. The highest BCUT2D eigenvalue weighted by Crippen LogP contribution is 2.29. The third kappa shape index (κ3) is 5.09. The number of carboxylic acids is 1. The van der Waals surface area contributed by atoms with Gasteiger partial charge >= 0.3 is 11.9 Å². The van der Waals surface area contributed by atoms with Crippen LogP contribution in [0.2, 0.25) is 0 Å². The van der Waals surface area contributed by atoms with Crippen LogP contribution in [0.4, 0.5) is 8.78 Å². The fourth-order valence-electron chi connectivity index (χ4n) is 3.21. The van der Waals surface area contributed by atoms with Gasteiger partial charge in [-0.25, -0.2) is 14.5 Å². The molecule has 3 rings (SSSR count). The van der Waals surface area contributed by atoms with Crippen molar-refractivity contribution in [2.75, 3.05) is 0 Å². The number of aromatic carboxylic acids is 1. The maximum atomic E-state index is 14.0. The summed E-state index contributed by atoms with van der Waals surface area (Å²) in [6.45, 7) is 3.77. The Bertz CT molecular complexity index is 1010. The zero-order chi connectivity index (χ0) is 21.7. The topological polar surface area (TPSA) is 68.0 Å². The van der Waals surface area contributed by atoms with Crippen LogP contribution in [-0.2, 0) is 25.3 Å². The molecule has 0 aliphatic carbocycles. The molecule has 2 aromatic carbocycles. The molecule has 1 heterocycles. The van der Waals surface area contributed by atoms with E-state index in [-0.39, 0.29) is 12.0 Å². The Morgan fingerprint density at radius 2 is 1.77 bits per heavy atom. The van der Waals surface area contributed by atoms with E-state index >= 15 is 0 Å². The van der Waals surface area contributed by atoms with Crippen LogP contribution in [0.25, 0.3) is 0 Å². The molecule has 0 aliphatic rings. The number of aromatic nitrogens is 3. The monoisotopic (exact) mass is 413 g/mol. The summed E-state index contributed by atoms with van der Waals surface area (Å²) in [5.74, 6) is -3.82. The van der Waals surface area contributed by atoms with Gasteiger partial charge in [-0.2, -0.15) is 8.78 Å². The van der Waals surface area contributed by atoms with E-state index in [1.54, 1.807) is 22.9 Å². The van der Waals surface area contributed by atoms with Crippen molar-refractivity contribution in [2.24, 2.45) is 0 Å².